The van der Waals surface area contributed by atoms with Crippen molar-refractivity contribution in [2.45, 2.75) is 65.5 Å². The van der Waals surface area contributed by atoms with E-state index < -0.39 is 0 Å². The van der Waals surface area contributed by atoms with E-state index in [1.165, 1.54) is 45.3 Å². The highest BCUT2D eigenvalue weighted by Crippen LogP contribution is 2.37. The second-order valence-electron chi connectivity index (χ2n) is 6.75. The monoisotopic (exact) mass is 238 g/mol. The lowest BCUT2D eigenvalue weighted by atomic mass is 9.75. The summed E-state index contributed by atoms with van der Waals surface area (Å²) in [4.78, 5) is 2.79. The molecule has 0 saturated carbocycles. The highest BCUT2D eigenvalue weighted by atomic mass is 15.2. The van der Waals surface area contributed by atoms with E-state index in [-0.39, 0.29) is 0 Å². The van der Waals surface area contributed by atoms with Gasteiger partial charge in [0.05, 0.1) is 0 Å². The van der Waals surface area contributed by atoms with Crippen LogP contribution < -0.4 is 5.32 Å². The van der Waals surface area contributed by atoms with Crippen LogP contribution in [0.4, 0.5) is 0 Å². The minimum absolute atomic E-state index is 0.528. The van der Waals surface area contributed by atoms with Gasteiger partial charge in [0, 0.05) is 25.2 Å². The number of hydrogen-bond acceptors (Lipinski definition) is 2. The topological polar surface area (TPSA) is 15.3 Å². The zero-order valence-corrected chi connectivity index (χ0v) is 12.1. The first kappa shape index (κ1) is 13.4. The smallest absolute Gasteiger partial charge is 0.00700 e. The molecule has 0 aliphatic carbocycles. The van der Waals surface area contributed by atoms with Crippen LogP contribution in [-0.2, 0) is 0 Å². The van der Waals surface area contributed by atoms with E-state index >= 15 is 0 Å². The molecule has 0 spiro atoms. The molecule has 2 rings (SSSR count). The van der Waals surface area contributed by atoms with Gasteiger partial charge in [-0.15, -0.1) is 0 Å². The summed E-state index contributed by atoms with van der Waals surface area (Å²) in [6.45, 7) is 13.4. The Morgan fingerprint density at radius 2 is 1.88 bits per heavy atom. The highest BCUT2D eigenvalue weighted by Gasteiger charge is 2.40. The van der Waals surface area contributed by atoms with Gasteiger partial charge in [-0.2, -0.15) is 0 Å². The summed E-state index contributed by atoms with van der Waals surface area (Å²) >= 11 is 0. The van der Waals surface area contributed by atoms with E-state index in [0.717, 1.165) is 18.0 Å². The van der Waals surface area contributed by atoms with Gasteiger partial charge in [0.2, 0.25) is 0 Å². The predicted molar refractivity (Wildman–Crippen MR) is 74.2 cm³/mol. The van der Waals surface area contributed by atoms with Crippen molar-refractivity contribution in [3.63, 3.8) is 0 Å². The Morgan fingerprint density at radius 3 is 2.35 bits per heavy atom. The molecule has 1 unspecified atom stereocenters. The van der Waals surface area contributed by atoms with Gasteiger partial charge in [-0.3, -0.25) is 4.90 Å². The summed E-state index contributed by atoms with van der Waals surface area (Å²) in [7, 11) is 0. The zero-order valence-electron chi connectivity index (χ0n) is 12.1. The van der Waals surface area contributed by atoms with Gasteiger partial charge in [0.15, 0.2) is 0 Å². The van der Waals surface area contributed by atoms with Gasteiger partial charge in [0.25, 0.3) is 0 Å². The van der Waals surface area contributed by atoms with E-state index in [9.17, 15) is 0 Å². The molecule has 2 aliphatic rings. The Balaban J connectivity index is 2.06. The van der Waals surface area contributed by atoms with Crippen LogP contribution in [0.2, 0.25) is 0 Å². The molecule has 2 fully saturated rings. The van der Waals surface area contributed by atoms with E-state index in [1.807, 2.05) is 0 Å². The summed E-state index contributed by atoms with van der Waals surface area (Å²) in [5, 5.41) is 3.59. The van der Waals surface area contributed by atoms with Crippen molar-refractivity contribution in [2.75, 3.05) is 19.6 Å². The van der Waals surface area contributed by atoms with Crippen molar-refractivity contribution in [1.29, 1.82) is 0 Å². The van der Waals surface area contributed by atoms with Crippen molar-refractivity contribution >= 4 is 0 Å². The molecule has 2 heteroatoms. The molecule has 100 valence electrons. The average Bonchev–Trinajstić information content (AvgIpc) is 2.73. The Bertz CT molecular complexity index is 233. The van der Waals surface area contributed by atoms with Gasteiger partial charge in [-0.05, 0) is 51.0 Å². The fourth-order valence-electron chi connectivity index (χ4n) is 3.72. The maximum atomic E-state index is 3.59. The molecule has 2 saturated heterocycles. The highest BCUT2D eigenvalue weighted by molar-refractivity contribution is 4.95. The molecule has 0 aromatic heterocycles. The van der Waals surface area contributed by atoms with Crippen LogP contribution in [0.25, 0.3) is 0 Å². The van der Waals surface area contributed by atoms with Crippen LogP contribution in [0.5, 0.6) is 0 Å². The maximum Gasteiger partial charge on any atom is 0.00700 e. The molecule has 0 bridgehead atoms. The van der Waals surface area contributed by atoms with E-state index in [4.69, 9.17) is 0 Å². The third kappa shape index (κ3) is 2.68. The van der Waals surface area contributed by atoms with Crippen molar-refractivity contribution in [3.8, 4) is 0 Å². The molecule has 2 aliphatic heterocycles. The molecule has 0 aromatic rings. The first-order chi connectivity index (χ1) is 8.05. The molecule has 2 heterocycles. The molecule has 1 N–H and O–H groups in total. The van der Waals surface area contributed by atoms with Crippen LogP contribution in [0, 0.1) is 11.3 Å². The fourth-order valence-corrected chi connectivity index (χ4v) is 3.72. The van der Waals surface area contributed by atoms with Crippen molar-refractivity contribution in [2.24, 2.45) is 11.3 Å². The normalized spacial score (nSPS) is 40.1. The third-order valence-electron chi connectivity index (χ3n) is 5.38. The minimum Gasteiger partial charge on any atom is -0.316 e. The van der Waals surface area contributed by atoms with Gasteiger partial charge >= 0.3 is 0 Å². The lowest BCUT2D eigenvalue weighted by Gasteiger charge is -2.46. The van der Waals surface area contributed by atoms with Gasteiger partial charge in [-0.1, -0.05) is 20.3 Å². The van der Waals surface area contributed by atoms with Crippen LogP contribution in [0.15, 0.2) is 0 Å². The number of hydrogen-bond donors (Lipinski definition) is 1. The van der Waals surface area contributed by atoms with Crippen molar-refractivity contribution in [3.05, 3.63) is 0 Å². The molecule has 17 heavy (non-hydrogen) atoms. The Hall–Kier alpha value is -0.0800. The maximum absolute atomic E-state index is 3.59. The summed E-state index contributed by atoms with van der Waals surface area (Å²) in [6, 6.07) is 1.57. The SMILES string of the molecule is CC(C)C1(CN2[C@H](C)CCC[C@@H]2C)CCNC1. The summed E-state index contributed by atoms with van der Waals surface area (Å²) in [5.41, 5.74) is 0.528. The molecule has 0 aromatic carbocycles. The molecular weight excluding hydrogens is 208 g/mol. The second kappa shape index (κ2) is 5.27. The van der Waals surface area contributed by atoms with Gasteiger partial charge in [-0.25, -0.2) is 0 Å². The number of piperidine rings is 1. The standard InChI is InChI=1S/C15H30N2/c1-12(2)15(8-9-16-10-15)11-17-13(3)6-5-7-14(17)4/h12-14,16H,5-11H2,1-4H3/t13-,14+,15?. The largest absolute Gasteiger partial charge is 0.316 e. The molecule has 0 amide bonds. The fraction of sp³-hybridized carbons (Fsp3) is 1.00. The van der Waals surface area contributed by atoms with Crippen LogP contribution in [0.3, 0.4) is 0 Å². The Labute approximate surface area is 107 Å². The van der Waals surface area contributed by atoms with Crippen LogP contribution in [0.1, 0.15) is 53.4 Å². The second-order valence-corrected chi connectivity index (χ2v) is 6.75. The van der Waals surface area contributed by atoms with Gasteiger partial charge < -0.3 is 5.32 Å². The summed E-state index contributed by atoms with van der Waals surface area (Å²) < 4.78 is 0. The minimum atomic E-state index is 0.528. The Morgan fingerprint density at radius 1 is 1.24 bits per heavy atom. The first-order valence-corrected chi connectivity index (χ1v) is 7.51. The number of rotatable bonds is 3. The quantitative estimate of drug-likeness (QED) is 0.813. The summed E-state index contributed by atoms with van der Waals surface area (Å²) in [5.74, 6) is 0.791. The molecule has 2 nitrogen and oxygen atoms in total. The number of likely N-dealkylation sites (tertiary alicyclic amines) is 1. The molecular formula is C15H30N2. The Kier molecular flexibility index (Phi) is 4.14. The summed E-state index contributed by atoms with van der Waals surface area (Å²) in [6.07, 6.45) is 5.57. The lowest BCUT2D eigenvalue weighted by molar-refractivity contribution is 0.0349. The average molecular weight is 238 g/mol. The number of nitrogens with one attached hydrogen (secondary N) is 1. The lowest BCUT2D eigenvalue weighted by Crippen LogP contribution is -2.51. The van der Waals surface area contributed by atoms with Crippen LogP contribution in [-0.4, -0.2) is 36.6 Å². The predicted octanol–water partition coefficient (Wildman–Crippen LogP) is 2.89. The third-order valence-corrected chi connectivity index (χ3v) is 5.38. The van der Waals surface area contributed by atoms with Crippen molar-refractivity contribution in [1.82, 2.24) is 10.2 Å². The van der Waals surface area contributed by atoms with E-state index in [1.54, 1.807) is 0 Å². The van der Waals surface area contributed by atoms with Gasteiger partial charge in [0.1, 0.15) is 0 Å². The number of nitrogens with zero attached hydrogens (tertiary/aromatic N) is 1. The van der Waals surface area contributed by atoms with E-state index in [0.29, 0.717) is 5.41 Å². The first-order valence-electron chi connectivity index (χ1n) is 7.51. The zero-order chi connectivity index (χ0) is 12.5. The molecule has 3 atom stereocenters. The van der Waals surface area contributed by atoms with E-state index in [2.05, 4.69) is 37.9 Å². The van der Waals surface area contributed by atoms with Crippen LogP contribution >= 0.6 is 0 Å². The molecule has 0 radical (unpaired) electrons. The van der Waals surface area contributed by atoms with Crippen molar-refractivity contribution < 1.29 is 0 Å².